The fourth-order valence-corrected chi connectivity index (χ4v) is 3.88. The lowest BCUT2D eigenvalue weighted by Crippen LogP contribution is -2.33. The molecule has 0 aliphatic carbocycles. The lowest BCUT2D eigenvalue weighted by atomic mass is 10.0. The molecule has 3 aromatic carbocycles. The molecule has 0 fully saturated rings. The Balaban J connectivity index is 1.85. The van der Waals surface area contributed by atoms with E-state index in [0.29, 0.717) is 17.0 Å². The first kappa shape index (κ1) is 19.6. The predicted octanol–water partition coefficient (Wildman–Crippen LogP) is 5.32. The summed E-state index contributed by atoms with van der Waals surface area (Å²) in [5.41, 5.74) is 6.96. The van der Waals surface area contributed by atoms with Gasteiger partial charge in [0.25, 0.3) is 11.8 Å². The minimum atomic E-state index is -0.342. The fraction of sp³-hybridized carbons (Fsp3) is 0.154. The molecule has 0 bridgehead atoms. The highest BCUT2D eigenvalue weighted by Crippen LogP contribution is 2.35. The molecule has 0 radical (unpaired) electrons. The van der Waals surface area contributed by atoms with E-state index in [2.05, 4.69) is 5.32 Å². The number of rotatable bonds is 4. The zero-order valence-corrected chi connectivity index (χ0v) is 17.6. The molecular formula is C26H24N2O2. The minimum Gasteiger partial charge on any atom is -0.350 e. The van der Waals surface area contributed by atoms with E-state index < -0.39 is 0 Å². The monoisotopic (exact) mass is 396 g/mol. The van der Waals surface area contributed by atoms with E-state index in [1.54, 1.807) is 0 Å². The molecule has 1 aliphatic heterocycles. The second-order valence-corrected chi connectivity index (χ2v) is 7.80. The smallest absolute Gasteiger partial charge is 0.282 e. The van der Waals surface area contributed by atoms with Gasteiger partial charge in [-0.15, -0.1) is 0 Å². The van der Waals surface area contributed by atoms with Gasteiger partial charge in [0.2, 0.25) is 0 Å². The van der Waals surface area contributed by atoms with Crippen molar-refractivity contribution < 1.29 is 9.59 Å². The third kappa shape index (κ3) is 3.41. The Morgan fingerprint density at radius 2 is 1.33 bits per heavy atom. The molecule has 0 spiro atoms. The Kier molecular flexibility index (Phi) is 5.00. The van der Waals surface area contributed by atoms with Crippen LogP contribution in [0.1, 0.15) is 27.8 Å². The van der Waals surface area contributed by atoms with Crippen molar-refractivity contribution in [3.8, 4) is 0 Å². The number of carbonyl (C=O) groups is 2. The number of anilines is 2. The van der Waals surface area contributed by atoms with Crippen molar-refractivity contribution in [1.82, 2.24) is 0 Å². The molecule has 0 atom stereocenters. The molecule has 0 aromatic heterocycles. The highest BCUT2D eigenvalue weighted by molar-refractivity contribution is 6.46. The maximum atomic E-state index is 13.5. The molecule has 1 heterocycles. The third-order valence-electron chi connectivity index (χ3n) is 5.38. The molecule has 30 heavy (non-hydrogen) atoms. The Bertz CT molecular complexity index is 1190. The van der Waals surface area contributed by atoms with Gasteiger partial charge in [-0.25, -0.2) is 4.90 Å². The van der Waals surface area contributed by atoms with Gasteiger partial charge in [-0.3, -0.25) is 9.59 Å². The number of hydrogen-bond acceptors (Lipinski definition) is 3. The Labute approximate surface area is 176 Å². The highest BCUT2D eigenvalue weighted by atomic mass is 16.2. The van der Waals surface area contributed by atoms with Crippen LogP contribution < -0.4 is 10.2 Å². The molecule has 4 rings (SSSR count). The summed E-state index contributed by atoms with van der Waals surface area (Å²) >= 11 is 0. The van der Waals surface area contributed by atoms with Gasteiger partial charge >= 0.3 is 0 Å². The number of carbonyl (C=O) groups excluding carboxylic acids is 2. The molecular weight excluding hydrogens is 372 g/mol. The molecule has 1 N–H and O–H groups in total. The van der Waals surface area contributed by atoms with Gasteiger partial charge < -0.3 is 5.32 Å². The quantitative estimate of drug-likeness (QED) is 0.608. The number of benzene rings is 3. The topological polar surface area (TPSA) is 49.4 Å². The van der Waals surface area contributed by atoms with Crippen molar-refractivity contribution >= 4 is 28.8 Å². The summed E-state index contributed by atoms with van der Waals surface area (Å²) < 4.78 is 0. The van der Waals surface area contributed by atoms with Crippen molar-refractivity contribution in [2.75, 3.05) is 10.2 Å². The zero-order chi connectivity index (χ0) is 21.4. The molecule has 2 amide bonds. The van der Waals surface area contributed by atoms with Gasteiger partial charge in [0.15, 0.2) is 0 Å². The average Bonchev–Trinajstić information content (AvgIpc) is 2.95. The van der Waals surface area contributed by atoms with E-state index in [9.17, 15) is 9.59 Å². The second kappa shape index (κ2) is 7.64. The largest absolute Gasteiger partial charge is 0.350 e. The van der Waals surface area contributed by atoms with Crippen LogP contribution in [0, 0.1) is 27.7 Å². The first-order valence-electron chi connectivity index (χ1n) is 9.97. The first-order valence-corrected chi connectivity index (χ1v) is 9.97. The summed E-state index contributed by atoms with van der Waals surface area (Å²) in [6.07, 6.45) is 0. The van der Waals surface area contributed by atoms with Crippen LogP contribution in [0.5, 0.6) is 0 Å². The van der Waals surface area contributed by atoms with E-state index >= 15 is 0 Å². The molecule has 150 valence electrons. The van der Waals surface area contributed by atoms with Crippen LogP contribution in [0.2, 0.25) is 0 Å². The van der Waals surface area contributed by atoms with Crippen molar-refractivity contribution in [3.05, 3.63) is 100 Å². The summed E-state index contributed by atoms with van der Waals surface area (Å²) in [7, 11) is 0. The van der Waals surface area contributed by atoms with Gasteiger partial charge in [0.05, 0.1) is 11.3 Å². The summed E-state index contributed by atoms with van der Waals surface area (Å²) in [4.78, 5) is 28.3. The molecule has 3 aromatic rings. The molecule has 0 saturated heterocycles. The Hall–Kier alpha value is -3.66. The average molecular weight is 396 g/mol. The van der Waals surface area contributed by atoms with Crippen molar-refractivity contribution in [2.24, 2.45) is 0 Å². The Morgan fingerprint density at radius 1 is 0.700 bits per heavy atom. The zero-order valence-electron chi connectivity index (χ0n) is 17.6. The van der Waals surface area contributed by atoms with E-state index in [-0.39, 0.29) is 11.8 Å². The van der Waals surface area contributed by atoms with Crippen molar-refractivity contribution in [3.63, 3.8) is 0 Å². The van der Waals surface area contributed by atoms with E-state index in [1.165, 1.54) is 4.90 Å². The van der Waals surface area contributed by atoms with Crippen LogP contribution in [-0.2, 0) is 9.59 Å². The molecule has 0 saturated carbocycles. The van der Waals surface area contributed by atoms with Gasteiger partial charge in [-0.2, -0.15) is 0 Å². The van der Waals surface area contributed by atoms with Crippen molar-refractivity contribution in [1.29, 1.82) is 0 Å². The Morgan fingerprint density at radius 3 is 1.97 bits per heavy atom. The highest BCUT2D eigenvalue weighted by Gasteiger charge is 2.40. The number of amides is 2. The molecule has 0 unspecified atom stereocenters. The first-order chi connectivity index (χ1) is 14.4. The molecule has 1 aliphatic rings. The van der Waals surface area contributed by atoms with Gasteiger partial charge in [-0.05, 0) is 56.5 Å². The minimum absolute atomic E-state index is 0.304. The number of hydrogen-bond donors (Lipinski definition) is 1. The number of imide groups is 1. The van der Waals surface area contributed by atoms with Crippen LogP contribution >= 0.6 is 0 Å². The standard InChI is InChI=1S/C26H24N2O2/c1-16-10-12-21(18(3)14-16)27-24-23(20-8-6-5-7-9-20)25(29)28(26(24)30)22-13-11-17(2)15-19(22)4/h5-15,27H,1-4H3. The van der Waals surface area contributed by atoms with Crippen LogP contribution in [0.25, 0.3) is 5.57 Å². The normalized spacial score (nSPS) is 13.9. The molecule has 4 nitrogen and oxygen atoms in total. The van der Waals surface area contributed by atoms with Crippen LogP contribution in [-0.4, -0.2) is 11.8 Å². The summed E-state index contributed by atoms with van der Waals surface area (Å²) in [5, 5.41) is 3.26. The van der Waals surface area contributed by atoms with E-state index in [4.69, 9.17) is 0 Å². The van der Waals surface area contributed by atoms with Crippen LogP contribution in [0.3, 0.4) is 0 Å². The summed E-state index contributed by atoms with van der Waals surface area (Å²) in [5.74, 6) is -0.656. The number of nitrogens with one attached hydrogen (secondary N) is 1. The van der Waals surface area contributed by atoms with Gasteiger partial charge in [-0.1, -0.05) is 65.7 Å². The predicted molar refractivity (Wildman–Crippen MR) is 121 cm³/mol. The van der Waals surface area contributed by atoms with Gasteiger partial charge in [0.1, 0.15) is 5.70 Å². The fourth-order valence-electron chi connectivity index (χ4n) is 3.88. The maximum absolute atomic E-state index is 13.5. The maximum Gasteiger partial charge on any atom is 0.282 e. The van der Waals surface area contributed by atoms with Crippen LogP contribution in [0.4, 0.5) is 11.4 Å². The lowest BCUT2D eigenvalue weighted by Gasteiger charge is -2.18. The summed E-state index contributed by atoms with van der Waals surface area (Å²) in [6, 6.07) is 21.1. The molecule has 4 heteroatoms. The van der Waals surface area contributed by atoms with E-state index in [1.807, 2.05) is 94.4 Å². The third-order valence-corrected chi connectivity index (χ3v) is 5.38. The number of nitrogens with zero attached hydrogens (tertiary/aromatic N) is 1. The lowest BCUT2D eigenvalue weighted by molar-refractivity contribution is -0.120. The summed E-state index contributed by atoms with van der Waals surface area (Å²) in [6.45, 7) is 7.92. The second-order valence-electron chi connectivity index (χ2n) is 7.80. The SMILES string of the molecule is Cc1ccc(NC2=C(c3ccccc3)C(=O)N(c3ccc(C)cc3C)C2=O)c(C)c1. The van der Waals surface area contributed by atoms with Crippen LogP contribution in [0.15, 0.2) is 72.4 Å². The number of aryl methyl sites for hydroxylation is 4. The van der Waals surface area contributed by atoms with E-state index in [0.717, 1.165) is 33.5 Å². The van der Waals surface area contributed by atoms with Gasteiger partial charge in [0, 0.05) is 5.69 Å². The van der Waals surface area contributed by atoms with Crippen molar-refractivity contribution in [2.45, 2.75) is 27.7 Å².